The summed E-state index contributed by atoms with van der Waals surface area (Å²) >= 11 is 5.22. The lowest BCUT2D eigenvalue weighted by atomic mass is 10.2. The first-order chi connectivity index (χ1) is 14.6. The third kappa shape index (κ3) is 5.62. The number of thiocarbonyl (C=S) groups is 1. The highest BCUT2D eigenvalue weighted by atomic mass is 32.1. The van der Waals surface area contributed by atoms with Gasteiger partial charge in [-0.25, -0.2) is 0 Å². The number of carbonyl (C=O) groups excluding carboxylic acids is 1. The van der Waals surface area contributed by atoms with E-state index in [-0.39, 0.29) is 11.0 Å². The Kier molecular flexibility index (Phi) is 7.07. The molecule has 1 amide bonds. The summed E-state index contributed by atoms with van der Waals surface area (Å²) in [7, 11) is 3.04. The molecule has 3 aromatic rings. The number of hydrazine groups is 1. The van der Waals surface area contributed by atoms with Gasteiger partial charge in [0.25, 0.3) is 5.91 Å². The number of benzene rings is 3. The predicted octanol–water partition coefficient (Wildman–Crippen LogP) is 4.13. The number of anilines is 1. The van der Waals surface area contributed by atoms with Crippen LogP contribution < -0.4 is 30.4 Å². The van der Waals surface area contributed by atoms with E-state index in [1.807, 2.05) is 54.6 Å². The Morgan fingerprint density at radius 1 is 0.800 bits per heavy atom. The average Bonchev–Trinajstić information content (AvgIpc) is 2.79. The highest BCUT2D eigenvalue weighted by molar-refractivity contribution is 7.80. The molecule has 0 heterocycles. The van der Waals surface area contributed by atoms with Gasteiger partial charge in [-0.2, -0.15) is 0 Å². The third-order valence-corrected chi connectivity index (χ3v) is 4.23. The fraction of sp³-hybridized carbons (Fsp3) is 0.0909. The van der Waals surface area contributed by atoms with Crippen LogP contribution >= 0.6 is 12.2 Å². The van der Waals surface area contributed by atoms with E-state index < -0.39 is 0 Å². The standard InChI is InChI=1S/C22H21N3O4S/c1-27-19-13-8-15(14-20(19)28-2)21(26)24-25-22(30)23-16-9-11-18(12-10-16)29-17-6-4-3-5-7-17/h3-14H,1-2H3,(H,24,26)(H2,23,25,30). The third-order valence-electron chi connectivity index (χ3n) is 4.03. The topological polar surface area (TPSA) is 80.9 Å². The van der Waals surface area contributed by atoms with Crippen molar-refractivity contribution in [1.82, 2.24) is 10.9 Å². The lowest BCUT2D eigenvalue weighted by Crippen LogP contribution is -2.43. The first kappa shape index (κ1) is 20.9. The molecular weight excluding hydrogens is 402 g/mol. The second-order valence-electron chi connectivity index (χ2n) is 6.04. The zero-order chi connectivity index (χ0) is 21.3. The normalized spacial score (nSPS) is 9.93. The molecule has 3 rings (SSSR count). The van der Waals surface area contributed by atoms with Crippen LogP contribution in [-0.2, 0) is 0 Å². The van der Waals surface area contributed by atoms with E-state index in [4.69, 9.17) is 26.4 Å². The van der Waals surface area contributed by atoms with E-state index in [0.717, 1.165) is 11.4 Å². The summed E-state index contributed by atoms with van der Waals surface area (Å²) in [6, 6.07) is 21.7. The minimum atomic E-state index is -0.369. The van der Waals surface area contributed by atoms with E-state index >= 15 is 0 Å². The summed E-state index contributed by atoms with van der Waals surface area (Å²) in [5.41, 5.74) is 6.34. The van der Waals surface area contributed by atoms with Gasteiger partial charge in [-0.15, -0.1) is 0 Å². The van der Waals surface area contributed by atoms with Crippen LogP contribution in [-0.4, -0.2) is 25.2 Å². The van der Waals surface area contributed by atoms with Crippen LogP contribution in [0.1, 0.15) is 10.4 Å². The quantitative estimate of drug-likeness (QED) is 0.406. The molecule has 3 aromatic carbocycles. The van der Waals surface area contributed by atoms with Crippen LogP contribution in [0, 0.1) is 0 Å². The van der Waals surface area contributed by atoms with Crippen molar-refractivity contribution in [2.45, 2.75) is 0 Å². The minimum Gasteiger partial charge on any atom is -0.493 e. The Morgan fingerprint density at radius 2 is 1.47 bits per heavy atom. The Morgan fingerprint density at radius 3 is 2.13 bits per heavy atom. The van der Waals surface area contributed by atoms with Crippen molar-refractivity contribution in [3.05, 3.63) is 78.4 Å². The van der Waals surface area contributed by atoms with Crippen molar-refractivity contribution >= 4 is 28.9 Å². The van der Waals surface area contributed by atoms with Gasteiger partial charge in [0, 0.05) is 11.3 Å². The summed E-state index contributed by atoms with van der Waals surface area (Å²) in [5, 5.41) is 3.22. The van der Waals surface area contributed by atoms with E-state index in [1.165, 1.54) is 14.2 Å². The van der Waals surface area contributed by atoms with Crippen LogP contribution in [0.3, 0.4) is 0 Å². The SMILES string of the molecule is COc1ccc(C(=O)NNC(=S)Nc2ccc(Oc3ccccc3)cc2)cc1OC. The zero-order valence-corrected chi connectivity index (χ0v) is 17.3. The molecule has 3 N–H and O–H groups in total. The number of hydrogen-bond donors (Lipinski definition) is 3. The number of carbonyl (C=O) groups is 1. The van der Waals surface area contributed by atoms with Crippen molar-refractivity contribution in [2.24, 2.45) is 0 Å². The van der Waals surface area contributed by atoms with Gasteiger partial charge in [-0.05, 0) is 66.8 Å². The van der Waals surface area contributed by atoms with Gasteiger partial charge in [0.05, 0.1) is 14.2 Å². The van der Waals surface area contributed by atoms with Crippen LogP contribution in [0.15, 0.2) is 72.8 Å². The molecule has 30 heavy (non-hydrogen) atoms. The van der Waals surface area contributed by atoms with Crippen molar-refractivity contribution < 1.29 is 19.0 Å². The molecular formula is C22H21N3O4S. The molecule has 0 aliphatic rings. The maximum absolute atomic E-state index is 12.3. The molecule has 0 unspecified atom stereocenters. The van der Waals surface area contributed by atoms with E-state index in [9.17, 15) is 4.79 Å². The van der Waals surface area contributed by atoms with E-state index in [2.05, 4.69) is 16.2 Å². The molecule has 7 nitrogen and oxygen atoms in total. The number of rotatable bonds is 6. The van der Waals surface area contributed by atoms with Gasteiger partial charge in [-0.1, -0.05) is 18.2 Å². The molecule has 0 bridgehead atoms. The summed E-state index contributed by atoms with van der Waals surface area (Å²) in [5.74, 6) is 2.09. The number of nitrogens with one attached hydrogen (secondary N) is 3. The average molecular weight is 423 g/mol. The van der Waals surface area contributed by atoms with Gasteiger partial charge >= 0.3 is 0 Å². The second-order valence-corrected chi connectivity index (χ2v) is 6.45. The number of amides is 1. The Bertz CT molecular complexity index is 1010. The molecule has 0 aliphatic heterocycles. The molecule has 0 aromatic heterocycles. The smallest absolute Gasteiger partial charge is 0.269 e. The van der Waals surface area contributed by atoms with Crippen molar-refractivity contribution in [3.63, 3.8) is 0 Å². The molecule has 0 saturated heterocycles. The van der Waals surface area contributed by atoms with Gasteiger partial charge in [0.1, 0.15) is 11.5 Å². The molecule has 0 fully saturated rings. The molecule has 0 aliphatic carbocycles. The number of hydrogen-bond acceptors (Lipinski definition) is 5. The van der Waals surface area contributed by atoms with E-state index in [1.54, 1.807) is 18.2 Å². The Hall–Kier alpha value is -3.78. The van der Waals surface area contributed by atoms with Crippen LogP contribution in [0.2, 0.25) is 0 Å². The molecule has 0 radical (unpaired) electrons. The lowest BCUT2D eigenvalue weighted by Gasteiger charge is -2.13. The van der Waals surface area contributed by atoms with Gasteiger partial charge < -0.3 is 19.5 Å². The van der Waals surface area contributed by atoms with Crippen LogP contribution in [0.5, 0.6) is 23.0 Å². The first-order valence-electron chi connectivity index (χ1n) is 9.01. The van der Waals surface area contributed by atoms with Crippen molar-refractivity contribution in [1.29, 1.82) is 0 Å². The van der Waals surface area contributed by atoms with Crippen LogP contribution in [0.25, 0.3) is 0 Å². The molecule has 0 atom stereocenters. The summed E-state index contributed by atoms with van der Waals surface area (Å²) in [4.78, 5) is 12.3. The maximum Gasteiger partial charge on any atom is 0.269 e. The molecule has 8 heteroatoms. The Labute approximate surface area is 179 Å². The zero-order valence-electron chi connectivity index (χ0n) is 16.5. The summed E-state index contributed by atoms with van der Waals surface area (Å²) in [6.07, 6.45) is 0. The Balaban J connectivity index is 1.51. The maximum atomic E-state index is 12.3. The first-order valence-corrected chi connectivity index (χ1v) is 9.42. The second kappa shape index (κ2) is 10.1. The number of methoxy groups -OCH3 is 2. The fourth-order valence-corrected chi connectivity index (χ4v) is 2.73. The fourth-order valence-electron chi connectivity index (χ4n) is 2.56. The summed E-state index contributed by atoms with van der Waals surface area (Å²) in [6.45, 7) is 0. The van der Waals surface area contributed by atoms with Crippen molar-refractivity contribution in [3.8, 4) is 23.0 Å². The molecule has 154 valence electrons. The van der Waals surface area contributed by atoms with Gasteiger partial charge in [0.2, 0.25) is 0 Å². The van der Waals surface area contributed by atoms with Gasteiger partial charge in [0.15, 0.2) is 16.6 Å². The van der Waals surface area contributed by atoms with Gasteiger partial charge in [-0.3, -0.25) is 15.6 Å². The highest BCUT2D eigenvalue weighted by Gasteiger charge is 2.11. The van der Waals surface area contributed by atoms with Crippen molar-refractivity contribution in [2.75, 3.05) is 19.5 Å². The van der Waals surface area contributed by atoms with E-state index in [0.29, 0.717) is 22.8 Å². The van der Waals surface area contributed by atoms with Crippen LogP contribution in [0.4, 0.5) is 5.69 Å². The largest absolute Gasteiger partial charge is 0.493 e. The monoisotopic (exact) mass is 423 g/mol. The predicted molar refractivity (Wildman–Crippen MR) is 119 cm³/mol. The molecule has 0 saturated carbocycles. The molecule has 0 spiro atoms. The minimum absolute atomic E-state index is 0.237. The summed E-state index contributed by atoms with van der Waals surface area (Å²) < 4.78 is 16.1. The number of ether oxygens (including phenoxy) is 3. The lowest BCUT2D eigenvalue weighted by molar-refractivity contribution is 0.0943. The number of para-hydroxylation sites is 1. The highest BCUT2D eigenvalue weighted by Crippen LogP contribution is 2.27.